The van der Waals surface area contributed by atoms with Crippen molar-refractivity contribution in [2.24, 2.45) is 0 Å². The number of likely N-dealkylation sites (tertiary alicyclic amines) is 1. The number of fused-ring (bicyclic) bond motifs is 1. The summed E-state index contributed by atoms with van der Waals surface area (Å²) >= 11 is 0. The van der Waals surface area contributed by atoms with Crippen molar-refractivity contribution in [1.82, 2.24) is 9.88 Å². The number of H-pyrrole nitrogens is 1. The van der Waals surface area contributed by atoms with E-state index in [4.69, 9.17) is 0 Å². The largest absolute Gasteiger partial charge is 0.361 e. The van der Waals surface area contributed by atoms with Crippen LogP contribution in [0.1, 0.15) is 62.0 Å². The molecule has 0 bridgehead atoms. The van der Waals surface area contributed by atoms with Crippen molar-refractivity contribution in [1.29, 1.82) is 0 Å². The summed E-state index contributed by atoms with van der Waals surface area (Å²) in [6, 6.07) is 18.7. The lowest BCUT2D eigenvalue weighted by Gasteiger charge is -2.32. The fourth-order valence-electron chi connectivity index (χ4n) is 4.72. The van der Waals surface area contributed by atoms with Crippen LogP contribution in [0.2, 0.25) is 0 Å². The highest BCUT2D eigenvalue weighted by molar-refractivity contribution is 5.93. The number of allylic oxidation sites excluding steroid dienone is 1. The van der Waals surface area contributed by atoms with E-state index < -0.39 is 0 Å². The molecule has 1 aromatic heterocycles. The molecule has 0 aliphatic carbocycles. The molecule has 3 nitrogen and oxygen atoms in total. The molecule has 1 aliphatic heterocycles. The molecule has 2 heterocycles. The molecule has 1 fully saturated rings. The maximum Gasteiger partial charge on any atom is 0.155 e. The summed E-state index contributed by atoms with van der Waals surface area (Å²) in [5.74, 6) is 0.922. The van der Waals surface area contributed by atoms with Crippen molar-refractivity contribution in [3.8, 4) is 0 Å². The van der Waals surface area contributed by atoms with Crippen LogP contribution in [0.5, 0.6) is 0 Å². The Balaban J connectivity index is 1.08. The first-order valence-corrected chi connectivity index (χ1v) is 11.8. The predicted octanol–water partition coefficient (Wildman–Crippen LogP) is 6.58. The maximum atomic E-state index is 12.0. The molecular weight excluding hydrogens is 380 g/mol. The van der Waals surface area contributed by atoms with Crippen LogP contribution in [0.4, 0.5) is 0 Å². The molecule has 0 saturated carbocycles. The summed E-state index contributed by atoms with van der Waals surface area (Å²) < 4.78 is 0. The number of hydrogen-bond donors (Lipinski definition) is 1. The molecule has 0 amide bonds. The number of benzene rings is 2. The number of carbonyl (C=O) groups is 1. The van der Waals surface area contributed by atoms with Gasteiger partial charge < -0.3 is 9.88 Å². The number of piperidine rings is 1. The lowest BCUT2D eigenvalue weighted by atomic mass is 9.89. The summed E-state index contributed by atoms with van der Waals surface area (Å²) in [6.45, 7) is 3.60. The number of rotatable bonds is 10. The molecule has 0 spiro atoms. The second-order valence-electron chi connectivity index (χ2n) is 8.78. The second kappa shape index (κ2) is 11.1. The third kappa shape index (κ3) is 6.18. The average Bonchev–Trinajstić information content (AvgIpc) is 3.25. The molecule has 1 saturated heterocycles. The van der Waals surface area contributed by atoms with Crippen LogP contribution < -0.4 is 0 Å². The van der Waals surface area contributed by atoms with E-state index in [1.165, 1.54) is 61.8 Å². The van der Waals surface area contributed by atoms with Gasteiger partial charge in [-0.2, -0.15) is 0 Å². The summed E-state index contributed by atoms with van der Waals surface area (Å²) in [7, 11) is 0. The van der Waals surface area contributed by atoms with Crippen molar-refractivity contribution in [3.63, 3.8) is 0 Å². The van der Waals surface area contributed by atoms with E-state index in [1.54, 1.807) is 6.08 Å². The van der Waals surface area contributed by atoms with Crippen LogP contribution in [0.3, 0.4) is 0 Å². The minimum absolute atomic E-state index is 0.239. The van der Waals surface area contributed by atoms with E-state index in [0.29, 0.717) is 12.3 Å². The van der Waals surface area contributed by atoms with Crippen molar-refractivity contribution in [2.75, 3.05) is 19.6 Å². The summed E-state index contributed by atoms with van der Waals surface area (Å²) in [6.07, 6.45) is 13.7. The van der Waals surface area contributed by atoms with Gasteiger partial charge in [0, 0.05) is 23.5 Å². The first-order valence-electron chi connectivity index (χ1n) is 11.8. The van der Waals surface area contributed by atoms with Gasteiger partial charge in [-0.1, -0.05) is 67.4 Å². The zero-order chi connectivity index (χ0) is 21.3. The highest BCUT2D eigenvalue weighted by Crippen LogP contribution is 2.33. The molecular formula is C28H34N2O. The number of aromatic amines is 1. The molecule has 1 N–H and O–H groups in total. The van der Waals surface area contributed by atoms with Crippen LogP contribution in [-0.2, 0) is 4.79 Å². The van der Waals surface area contributed by atoms with E-state index in [0.717, 1.165) is 18.4 Å². The van der Waals surface area contributed by atoms with E-state index in [9.17, 15) is 4.79 Å². The van der Waals surface area contributed by atoms with Crippen molar-refractivity contribution in [3.05, 3.63) is 78.0 Å². The van der Waals surface area contributed by atoms with Crippen LogP contribution in [0, 0.1) is 0 Å². The summed E-state index contributed by atoms with van der Waals surface area (Å²) in [5.41, 5.74) is 3.85. The quantitative estimate of drug-likeness (QED) is 0.300. The first kappa shape index (κ1) is 21.6. The standard InChI is InChI=1S/C28H34N2O/c31-25(16-15-23-10-4-3-5-11-23)12-6-1-2-9-19-30-20-17-24(18-21-30)27-22-29-28-14-8-7-13-26(27)28/h3-5,7-8,10-11,13-16,22,24,29H,1-2,6,9,12,17-21H2/b16-15+. The Morgan fingerprint density at radius 1 is 0.935 bits per heavy atom. The normalized spacial score (nSPS) is 15.7. The van der Waals surface area contributed by atoms with E-state index in [-0.39, 0.29) is 5.78 Å². The molecule has 1 aliphatic rings. The number of aromatic nitrogens is 1. The Hall–Kier alpha value is -2.65. The molecule has 0 radical (unpaired) electrons. The number of unbranched alkanes of at least 4 members (excludes halogenated alkanes) is 3. The van der Waals surface area contributed by atoms with E-state index in [1.807, 2.05) is 36.4 Å². The fraction of sp³-hybridized carbons (Fsp3) is 0.393. The molecule has 2 aromatic carbocycles. The highest BCUT2D eigenvalue weighted by atomic mass is 16.1. The summed E-state index contributed by atoms with van der Waals surface area (Å²) in [4.78, 5) is 18.1. The van der Waals surface area contributed by atoms with Crippen LogP contribution in [-0.4, -0.2) is 35.3 Å². The van der Waals surface area contributed by atoms with Gasteiger partial charge >= 0.3 is 0 Å². The van der Waals surface area contributed by atoms with Crippen LogP contribution >= 0.6 is 0 Å². The average molecular weight is 415 g/mol. The lowest BCUT2D eigenvalue weighted by Crippen LogP contribution is -2.33. The van der Waals surface area contributed by atoms with Gasteiger partial charge in [-0.15, -0.1) is 0 Å². The minimum Gasteiger partial charge on any atom is -0.361 e. The number of hydrogen-bond acceptors (Lipinski definition) is 2. The Bertz CT molecular complexity index is 980. The van der Waals surface area contributed by atoms with Crippen molar-refractivity contribution >= 4 is 22.8 Å². The van der Waals surface area contributed by atoms with Gasteiger partial charge in [-0.05, 0) is 74.5 Å². The zero-order valence-corrected chi connectivity index (χ0v) is 18.4. The smallest absolute Gasteiger partial charge is 0.155 e. The Labute approximate surface area is 186 Å². The number of ketones is 1. The summed E-state index contributed by atoms with van der Waals surface area (Å²) in [5, 5.41) is 1.40. The molecule has 162 valence electrons. The molecule has 31 heavy (non-hydrogen) atoms. The number of nitrogens with one attached hydrogen (secondary N) is 1. The third-order valence-corrected chi connectivity index (χ3v) is 6.56. The SMILES string of the molecule is O=C(/C=C/c1ccccc1)CCCCCCN1CCC(c2c[nH]c3ccccc23)CC1. The number of para-hydroxylation sites is 1. The van der Waals surface area contributed by atoms with Gasteiger partial charge in [0.15, 0.2) is 5.78 Å². The van der Waals surface area contributed by atoms with Gasteiger partial charge in [-0.3, -0.25) is 4.79 Å². The Morgan fingerprint density at radius 3 is 2.52 bits per heavy atom. The molecule has 0 atom stereocenters. The molecule has 4 rings (SSSR count). The van der Waals surface area contributed by atoms with Gasteiger partial charge in [0.2, 0.25) is 0 Å². The molecule has 3 heteroatoms. The second-order valence-corrected chi connectivity index (χ2v) is 8.78. The van der Waals surface area contributed by atoms with Crippen LogP contribution in [0.15, 0.2) is 66.9 Å². The van der Waals surface area contributed by atoms with Crippen molar-refractivity contribution < 1.29 is 4.79 Å². The van der Waals surface area contributed by atoms with Gasteiger partial charge in [0.1, 0.15) is 0 Å². The Morgan fingerprint density at radius 2 is 1.68 bits per heavy atom. The lowest BCUT2D eigenvalue weighted by molar-refractivity contribution is -0.114. The zero-order valence-electron chi connectivity index (χ0n) is 18.4. The van der Waals surface area contributed by atoms with Gasteiger partial charge in [-0.25, -0.2) is 0 Å². The highest BCUT2D eigenvalue weighted by Gasteiger charge is 2.22. The van der Waals surface area contributed by atoms with E-state index >= 15 is 0 Å². The maximum absolute atomic E-state index is 12.0. The van der Waals surface area contributed by atoms with Gasteiger partial charge in [0.25, 0.3) is 0 Å². The minimum atomic E-state index is 0.239. The van der Waals surface area contributed by atoms with Crippen molar-refractivity contribution in [2.45, 2.75) is 50.9 Å². The molecule has 3 aromatic rings. The monoisotopic (exact) mass is 414 g/mol. The number of nitrogens with zero attached hydrogens (tertiary/aromatic N) is 1. The fourth-order valence-corrected chi connectivity index (χ4v) is 4.72. The first-order chi connectivity index (χ1) is 15.3. The van der Waals surface area contributed by atoms with E-state index in [2.05, 4.69) is 40.3 Å². The molecule has 0 unspecified atom stereocenters. The third-order valence-electron chi connectivity index (χ3n) is 6.56. The topological polar surface area (TPSA) is 36.1 Å². The van der Waals surface area contributed by atoms with Crippen LogP contribution in [0.25, 0.3) is 17.0 Å². The Kier molecular flexibility index (Phi) is 7.73. The van der Waals surface area contributed by atoms with Gasteiger partial charge in [0.05, 0.1) is 0 Å². The predicted molar refractivity (Wildman–Crippen MR) is 130 cm³/mol. The number of carbonyl (C=O) groups excluding carboxylic acids is 1.